The summed E-state index contributed by atoms with van der Waals surface area (Å²) in [6.45, 7) is 0. The summed E-state index contributed by atoms with van der Waals surface area (Å²) < 4.78 is 6.20. The van der Waals surface area contributed by atoms with Crippen LogP contribution in [0.15, 0.2) is 174 Å². The normalized spacial score (nSPS) is 11.8. The molecule has 0 spiro atoms. The van der Waals surface area contributed by atoms with E-state index in [2.05, 4.69) is 157 Å². The molecule has 2 heterocycles. The van der Waals surface area contributed by atoms with Gasteiger partial charge in [0, 0.05) is 21.8 Å². The summed E-state index contributed by atoms with van der Waals surface area (Å²) in [6, 6.07) is 58.5. The molecule has 0 bridgehead atoms. The molecule has 0 atom stereocenters. The van der Waals surface area contributed by atoms with Crippen molar-refractivity contribution in [1.29, 1.82) is 0 Å². The second-order valence-electron chi connectivity index (χ2n) is 12.3. The standard InChI is InChI=1S/C45H28N2O/c1-2-12-29(13-3-1)31-24-25-42(38-19-9-8-14-32(31)38)47(45-27-41-39-20-10-11-21-43(39)48-44(41)28-46-45)30-22-23-37-35-17-5-4-15-33(35)34-16-6-7-18-36(34)40(37)26-30/h1-28H. The molecule has 0 saturated carbocycles. The quantitative estimate of drug-likeness (QED) is 0.185. The summed E-state index contributed by atoms with van der Waals surface area (Å²) in [7, 11) is 0. The van der Waals surface area contributed by atoms with Gasteiger partial charge in [-0.05, 0) is 79.2 Å². The van der Waals surface area contributed by atoms with Crippen molar-refractivity contribution in [3.05, 3.63) is 170 Å². The Bertz CT molecular complexity index is 2820. The van der Waals surface area contributed by atoms with Crippen LogP contribution >= 0.6 is 0 Å². The molecule has 8 aromatic carbocycles. The van der Waals surface area contributed by atoms with Crippen LogP contribution in [0.1, 0.15) is 0 Å². The monoisotopic (exact) mass is 612 g/mol. The molecular formula is C45H28N2O. The predicted octanol–water partition coefficient (Wildman–Crippen LogP) is 12.7. The largest absolute Gasteiger partial charge is 0.454 e. The Morgan fingerprint density at radius 1 is 0.396 bits per heavy atom. The SMILES string of the molecule is c1ccc(-c2ccc(N(c3ccc4c5ccccc5c5ccccc5c4c3)c3cc4c(cn3)oc3ccccc34)c3ccccc23)cc1. The Hall–Kier alpha value is -6.45. The van der Waals surface area contributed by atoms with E-state index in [1.807, 2.05) is 18.3 Å². The summed E-state index contributed by atoms with van der Waals surface area (Å²) in [4.78, 5) is 7.37. The van der Waals surface area contributed by atoms with Crippen molar-refractivity contribution < 1.29 is 4.42 Å². The molecule has 0 amide bonds. The maximum atomic E-state index is 6.20. The summed E-state index contributed by atoms with van der Waals surface area (Å²) in [6.07, 6.45) is 1.86. The number of pyridine rings is 1. The fourth-order valence-electron chi connectivity index (χ4n) is 7.52. The van der Waals surface area contributed by atoms with Crippen LogP contribution in [0.25, 0.3) is 76.2 Å². The van der Waals surface area contributed by atoms with Crippen molar-refractivity contribution in [1.82, 2.24) is 4.98 Å². The number of benzene rings is 8. The second kappa shape index (κ2) is 10.5. The fraction of sp³-hybridized carbons (Fsp3) is 0. The van der Waals surface area contributed by atoms with Crippen LogP contribution in [-0.4, -0.2) is 4.98 Å². The molecule has 224 valence electrons. The lowest BCUT2D eigenvalue weighted by molar-refractivity contribution is 0.667. The Balaban J connectivity index is 1.28. The highest BCUT2D eigenvalue weighted by Crippen LogP contribution is 2.45. The van der Waals surface area contributed by atoms with E-state index in [1.165, 1.54) is 48.8 Å². The third kappa shape index (κ3) is 4.04. The van der Waals surface area contributed by atoms with Crippen LogP contribution in [-0.2, 0) is 0 Å². The maximum absolute atomic E-state index is 6.20. The average Bonchev–Trinajstić information content (AvgIpc) is 3.53. The van der Waals surface area contributed by atoms with Crippen molar-refractivity contribution in [2.75, 3.05) is 4.90 Å². The Labute approximate surface area is 276 Å². The van der Waals surface area contributed by atoms with Crippen LogP contribution in [0.5, 0.6) is 0 Å². The van der Waals surface area contributed by atoms with E-state index in [0.29, 0.717) is 0 Å². The lowest BCUT2D eigenvalue weighted by Crippen LogP contribution is -2.12. The van der Waals surface area contributed by atoms with Gasteiger partial charge in [-0.2, -0.15) is 0 Å². The highest BCUT2D eigenvalue weighted by atomic mass is 16.3. The predicted molar refractivity (Wildman–Crippen MR) is 202 cm³/mol. The number of anilines is 3. The highest BCUT2D eigenvalue weighted by molar-refractivity contribution is 6.26. The van der Waals surface area contributed by atoms with E-state index >= 15 is 0 Å². The maximum Gasteiger partial charge on any atom is 0.153 e. The van der Waals surface area contributed by atoms with Gasteiger partial charge in [0.1, 0.15) is 11.4 Å². The molecule has 0 aliphatic rings. The first-order chi connectivity index (χ1) is 23.8. The summed E-state index contributed by atoms with van der Waals surface area (Å²) in [5, 5.41) is 11.9. The van der Waals surface area contributed by atoms with Gasteiger partial charge in [0.15, 0.2) is 5.58 Å². The van der Waals surface area contributed by atoms with Crippen molar-refractivity contribution in [2.45, 2.75) is 0 Å². The first-order valence-corrected chi connectivity index (χ1v) is 16.3. The smallest absolute Gasteiger partial charge is 0.153 e. The van der Waals surface area contributed by atoms with Gasteiger partial charge in [-0.1, -0.05) is 133 Å². The van der Waals surface area contributed by atoms with E-state index in [-0.39, 0.29) is 0 Å². The molecule has 10 aromatic rings. The highest BCUT2D eigenvalue weighted by Gasteiger charge is 2.21. The molecule has 2 aromatic heterocycles. The van der Waals surface area contributed by atoms with Gasteiger partial charge in [-0.3, -0.25) is 4.90 Å². The topological polar surface area (TPSA) is 29.3 Å². The number of fused-ring (bicyclic) bond motifs is 10. The molecule has 0 fully saturated rings. The van der Waals surface area contributed by atoms with Crippen LogP contribution in [0.3, 0.4) is 0 Å². The summed E-state index contributed by atoms with van der Waals surface area (Å²) in [5.41, 5.74) is 6.14. The molecule has 3 heteroatoms. The van der Waals surface area contributed by atoms with Crippen molar-refractivity contribution in [3.63, 3.8) is 0 Å². The van der Waals surface area contributed by atoms with Crippen LogP contribution in [0.2, 0.25) is 0 Å². The van der Waals surface area contributed by atoms with Gasteiger partial charge in [0.2, 0.25) is 0 Å². The van der Waals surface area contributed by atoms with E-state index in [1.54, 1.807) is 0 Å². The lowest BCUT2D eigenvalue weighted by atomic mass is 9.93. The van der Waals surface area contributed by atoms with E-state index in [9.17, 15) is 0 Å². The van der Waals surface area contributed by atoms with Crippen LogP contribution in [0, 0.1) is 0 Å². The van der Waals surface area contributed by atoms with Crippen molar-refractivity contribution >= 4 is 82.2 Å². The molecule has 0 aliphatic carbocycles. The van der Waals surface area contributed by atoms with E-state index in [4.69, 9.17) is 9.40 Å². The number of nitrogens with zero attached hydrogens (tertiary/aromatic N) is 2. The molecule has 3 nitrogen and oxygen atoms in total. The van der Waals surface area contributed by atoms with Gasteiger partial charge < -0.3 is 4.42 Å². The van der Waals surface area contributed by atoms with Crippen LogP contribution < -0.4 is 4.90 Å². The Morgan fingerprint density at radius 2 is 0.979 bits per heavy atom. The zero-order valence-corrected chi connectivity index (χ0v) is 26.0. The number of rotatable bonds is 4. The van der Waals surface area contributed by atoms with Gasteiger partial charge in [-0.25, -0.2) is 4.98 Å². The molecule has 0 saturated heterocycles. The Morgan fingerprint density at radius 3 is 1.71 bits per heavy atom. The minimum Gasteiger partial charge on any atom is -0.454 e. The first-order valence-electron chi connectivity index (χ1n) is 16.3. The van der Waals surface area contributed by atoms with Crippen molar-refractivity contribution in [2.24, 2.45) is 0 Å². The minimum atomic E-state index is 0.778. The summed E-state index contributed by atoms with van der Waals surface area (Å²) in [5.74, 6) is 0.830. The molecule has 0 radical (unpaired) electrons. The number of aromatic nitrogens is 1. The molecule has 10 rings (SSSR count). The third-order valence-corrected chi connectivity index (χ3v) is 9.69. The molecule has 0 aliphatic heterocycles. The van der Waals surface area contributed by atoms with E-state index < -0.39 is 0 Å². The minimum absolute atomic E-state index is 0.778. The van der Waals surface area contributed by atoms with E-state index in [0.717, 1.165) is 44.5 Å². The zero-order valence-electron chi connectivity index (χ0n) is 26.0. The summed E-state index contributed by atoms with van der Waals surface area (Å²) >= 11 is 0. The van der Waals surface area contributed by atoms with Crippen LogP contribution in [0.4, 0.5) is 17.2 Å². The molecular weight excluding hydrogens is 585 g/mol. The second-order valence-corrected chi connectivity index (χ2v) is 12.3. The average molecular weight is 613 g/mol. The first kappa shape index (κ1) is 26.7. The van der Waals surface area contributed by atoms with Crippen molar-refractivity contribution in [3.8, 4) is 11.1 Å². The number of para-hydroxylation sites is 1. The number of hydrogen-bond donors (Lipinski definition) is 0. The molecule has 0 N–H and O–H groups in total. The molecule has 48 heavy (non-hydrogen) atoms. The zero-order chi connectivity index (χ0) is 31.6. The Kier molecular flexibility index (Phi) is 5.87. The van der Waals surface area contributed by atoms with Gasteiger partial charge in [0.05, 0.1) is 11.9 Å². The number of hydrogen-bond acceptors (Lipinski definition) is 3. The number of furan rings is 1. The van der Waals surface area contributed by atoms with Gasteiger partial charge >= 0.3 is 0 Å². The fourth-order valence-corrected chi connectivity index (χ4v) is 7.52. The lowest BCUT2D eigenvalue weighted by Gasteiger charge is -2.27. The van der Waals surface area contributed by atoms with Gasteiger partial charge in [-0.15, -0.1) is 0 Å². The van der Waals surface area contributed by atoms with Gasteiger partial charge in [0.25, 0.3) is 0 Å². The molecule has 0 unspecified atom stereocenters. The third-order valence-electron chi connectivity index (χ3n) is 9.69.